The molecule has 0 aliphatic carbocycles. The molecule has 0 fully saturated rings. The van der Waals surface area contributed by atoms with Crippen LogP contribution in [0.15, 0.2) is 0 Å². The number of ether oxygens (including phenoxy) is 1. The van der Waals surface area contributed by atoms with Gasteiger partial charge in [-0.3, -0.25) is 4.18 Å². The summed E-state index contributed by atoms with van der Waals surface area (Å²) < 4.78 is 31.0. The van der Waals surface area contributed by atoms with Gasteiger partial charge in [0.25, 0.3) is 10.1 Å². The summed E-state index contributed by atoms with van der Waals surface area (Å²) >= 11 is 0. The van der Waals surface area contributed by atoms with E-state index in [-0.39, 0.29) is 6.61 Å². The van der Waals surface area contributed by atoms with E-state index >= 15 is 0 Å². The fourth-order valence-electron chi connectivity index (χ4n) is 0.774. The highest BCUT2D eigenvalue weighted by Crippen LogP contribution is 2.01. The minimum Gasteiger partial charge on any atom is -0.381 e. The lowest BCUT2D eigenvalue weighted by molar-refractivity contribution is 0.0933. The molecule has 0 saturated heterocycles. The van der Waals surface area contributed by atoms with Crippen LogP contribution in [0.5, 0.6) is 0 Å². The molecular weight excluding hydrogens is 204 g/mol. The molecule has 0 aliphatic heterocycles. The van der Waals surface area contributed by atoms with E-state index in [1.54, 1.807) is 0 Å². The fourth-order valence-corrected chi connectivity index (χ4v) is 1.19. The van der Waals surface area contributed by atoms with Crippen LogP contribution >= 0.6 is 0 Å². The fraction of sp³-hybridized carbons (Fsp3) is 1.00. The third kappa shape index (κ3) is 9.95. The van der Waals surface area contributed by atoms with E-state index in [0.29, 0.717) is 18.9 Å². The predicted octanol–water partition coefficient (Wildman–Crippen LogP) is 1.42. The lowest BCUT2D eigenvalue weighted by atomic mass is 10.1. The van der Waals surface area contributed by atoms with Crippen molar-refractivity contribution in [2.24, 2.45) is 5.92 Å². The third-order valence-corrected chi connectivity index (χ3v) is 2.42. The van der Waals surface area contributed by atoms with Crippen LogP contribution in [0.4, 0.5) is 0 Å². The van der Waals surface area contributed by atoms with Crippen molar-refractivity contribution in [2.75, 3.05) is 26.1 Å². The van der Waals surface area contributed by atoms with Crippen molar-refractivity contribution in [3.05, 3.63) is 0 Å². The average Bonchev–Trinajstić information content (AvgIpc) is 2.08. The van der Waals surface area contributed by atoms with Gasteiger partial charge in [-0.25, -0.2) is 0 Å². The lowest BCUT2D eigenvalue weighted by Crippen LogP contribution is -2.09. The Balaban J connectivity index is 3.23. The van der Waals surface area contributed by atoms with Crippen LogP contribution in [0, 0.1) is 5.92 Å². The predicted molar refractivity (Wildman–Crippen MR) is 55.7 cm³/mol. The van der Waals surface area contributed by atoms with Gasteiger partial charge in [-0.2, -0.15) is 8.42 Å². The van der Waals surface area contributed by atoms with Crippen LogP contribution in [0.2, 0.25) is 0 Å². The average molecular weight is 224 g/mol. The van der Waals surface area contributed by atoms with Gasteiger partial charge in [-0.15, -0.1) is 0 Å². The van der Waals surface area contributed by atoms with Crippen LogP contribution < -0.4 is 0 Å². The van der Waals surface area contributed by atoms with Gasteiger partial charge in [-0.1, -0.05) is 20.3 Å². The molecule has 0 aliphatic rings. The summed E-state index contributed by atoms with van der Waals surface area (Å²) in [5.41, 5.74) is 0. The third-order valence-electron chi connectivity index (χ3n) is 1.83. The molecule has 14 heavy (non-hydrogen) atoms. The minimum atomic E-state index is -3.29. The first-order valence-electron chi connectivity index (χ1n) is 4.88. The summed E-state index contributed by atoms with van der Waals surface area (Å²) in [6.07, 6.45) is 2.76. The van der Waals surface area contributed by atoms with Crippen LogP contribution in [0.1, 0.15) is 26.7 Å². The molecule has 0 aromatic heterocycles. The van der Waals surface area contributed by atoms with Crippen LogP contribution in [-0.2, 0) is 19.0 Å². The van der Waals surface area contributed by atoms with E-state index in [2.05, 4.69) is 18.0 Å². The Kier molecular flexibility index (Phi) is 7.13. The van der Waals surface area contributed by atoms with Crippen molar-refractivity contribution in [3.8, 4) is 0 Å². The largest absolute Gasteiger partial charge is 0.381 e. The molecule has 0 rings (SSSR count). The molecule has 0 spiro atoms. The first-order valence-corrected chi connectivity index (χ1v) is 6.69. The summed E-state index contributed by atoms with van der Waals surface area (Å²) in [7, 11) is -3.29. The molecule has 0 saturated carbocycles. The summed E-state index contributed by atoms with van der Waals surface area (Å²) in [4.78, 5) is 0. The Labute approximate surface area is 86.7 Å². The van der Waals surface area contributed by atoms with Crippen LogP contribution in [0.3, 0.4) is 0 Å². The maximum atomic E-state index is 10.6. The van der Waals surface area contributed by atoms with Gasteiger partial charge in [-0.05, 0) is 12.3 Å². The topological polar surface area (TPSA) is 52.6 Å². The van der Waals surface area contributed by atoms with Crippen LogP contribution in [0.25, 0.3) is 0 Å². The molecule has 0 aromatic rings. The molecule has 1 atom stereocenters. The second-order valence-corrected chi connectivity index (χ2v) is 5.11. The quantitative estimate of drug-likeness (QED) is 0.462. The van der Waals surface area contributed by atoms with Gasteiger partial charge < -0.3 is 4.74 Å². The molecule has 0 bridgehead atoms. The van der Waals surface area contributed by atoms with E-state index in [4.69, 9.17) is 4.74 Å². The summed E-state index contributed by atoms with van der Waals surface area (Å²) in [5, 5.41) is 0. The standard InChI is InChI=1S/C9H20O4S/c1-4-9(2)8-12-6-5-7-13-14(3,10)11/h9H,4-8H2,1-3H3/t9-/m0/s1. The first-order chi connectivity index (χ1) is 6.45. The molecule has 5 heteroatoms. The lowest BCUT2D eigenvalue weighted by Gasteiger charge is -2.08. The van der Waals surface area contributed by atoms with Gasteiger partial charge in [0.05, 0.1) is 12.9 Å². The molecule has 0 heterocycles. The summed E-state index contributed by atoms with van der Waals surface area (Å²) in [6.45, 7) is 5.72. The Bertz CT molecular complexity index is 223. The zero-order valence-corrected chi connectivity index (χ0v) is 9.97. The Hall–Kier alpha value is -0.130. The monoisotopic (exact) mass is 224 g/mol. The van der Waals surface area contributed by atoms with Gasteiger partial charge in [0.15, 0.2) is 0 Å². The van der Waals surface area contributed by atoms with Crippen molar-refractivity contribution in [1.82, 2.24) is 0 Å². The molecular formula is C9H20O4S. The van der Waals surface area contributed by atoms with Crippen molar-refractivity contribution in [1.29, 1.82) is 0 Å². The molecule has 0 amide bonds. The highest BCUT2D eigenvalue weighted by atomic mass is 32.2. The van der Waals surface area contributed by atoms with Crippen LogP contribution in [-0.4, -0.2) is 34.5 Å². The van der Waals surface area contributed by atoms with E-state index in [0.717, 1.165) is 19.3 Å². The zero-order chi connectivity index (χ0) is 11.0. The maximum Gasteiger partial charge on any atom is 0.264 e. The van der Waals surface area contributed by atoms with Crippen molar-refractivity contribution < 1.29 is 17.3 Å². The van der Waals surface area contributed by atoms with Crippen molar-refractivity contribution in [2.45, 2.75) is 26.7 Å². The second-order valence-electron chi connectivity index (χ2n) is 3.47. The number of hydrogen-bond acceptors (Lipinski definition) is 4. The Morgan fingerprint density at radius 3 is 2.43 bits per heavy atom. The first kappa shape index (κ1) is 13.9. The van der Waals surface area contributed by atoms with Crippen molar-refractivity contribution in [3.63, 3.8) is 0 Å². The SMILES string of the molecule is CC[C@H](C)COCCCOS(C)(=O)=O. The zero-order valence-electron chi connectivity index (χ0n) is 9.15. The van der Waals surface area contributed by atoms with E-state index in [1.807, 2.05) is 0 Å². The molecule has 0 radical (unpaired) electrons. The minimum absolute atomic E-state index is 0.208. The summed E-state index contributed by atoms with van der Waals surface area (Å²) in [6, 6.07) is 0. The maximum absolute atomic E-state index is 10.6. The van der Waals surface area contributed by atoms with E-state index in [1.165, 1.54) is 0 Å². The van der Waals surface area contributed by atoms with Gasteiger partial charge >= 0.3 is 0 Å². The number of rotatable bonds is 8. The highest BCUT2D eigenvalue weighted by Gasteiger charge is 2.01. The molecule has 0 unspecified atom stereocenters. The Morgan fingerprint density at radius 1 is 1.29 bits per heavy atom. The second kappa shape index (κ2) is 7.20. The number of hydrogen-bond donors (Lipinski definition) is 0. The Morgan fingerprint density at radius 2 is 1.93 bits per heavy atom. The highest BCUT2D eigenvalue weighted by molar-refractivity contribution is 7.85. The molecule has 4 nitrogen and oxygen atoms in total. The van der Waals surface area contributed by atoms with Gasteiger partial charge in [0, 0.05) is 13.2 Å². The van der Waals surface area contributed by atoms with E-state index < -0.39 is 10.1 Å². The normalized spacial score (nSPS) is 14.2. The van der Waals surface area contributed by atoms with Gasteiger partial charge in [0.1, 0.15) is 0 Å². The molecule has 0 N–H and O–H groups in total. The van der Waals surface area contributed by atoms with Gasteiger partial charge in [0.2, 0.25) is 0 Å². The van der Waals surface area contributed by atoms with E-state index in [9.17, 15) is 8.42 Å². The molecule has 86 valence electrons. The summed E-state index contributed by atoms with van der Waals surface area (Å²) in [5.74, 6) is 0.561. The molecule has 0 aromatic carbocycles. The smallest absolute Gasteiger partial charge is 0.264 e. The van der Waals surface area contributed by atoms with Crippen molar-refractivity contribution >= 4 is 10.1 Å².